The highest BCUT2D eigenvalue weighted by Gasteiger charge is 2.34. The van der Waals surface area contributed by atoms with Crippen molar-refractivity contribution in [1.82, 2.24) is 10.2 Å². The maximum absolute atomic E-state index is 10.3. The molecule has 0 spiro atoms. The van der Waals surface area contributed by atoms with E-state index in [1.807, 2.05) is 0 Å². The van der Waals surface area contributed by atoms with Gasteiger partial charge >= 0.3 is 6.09 Å². The largest absolute Gasteiger partial charge is 0.465 e. The lowest BCUT2D eigenvalue weighted by Crippen LogP contribution is -2.56. The summed E-state index contributed by atoms with van der Waals surface area (Å²) in [5.74, 6) is 0. The topological polar surface area (TPSA) is 61.8 Å². The van der Waals surface area contributed by atoms with Gasteiger partial charge in [-0.25, -0.2) is 4.79 Å². The fourth-order valence-electron chi connectivity index (χ4n) is 2.12. The molecule has 2 rings (SSSR count). The number of ether oxygens (including phenoxy) is 1. The van der Waals surface area contributed by atoms with Crippen LogP contribution in [-0.4, -0.2) is 54.5 Å². The molecule has 0 unspecified atom stereocenters. The van der Waals surface area contributed by atoms with Crippen LogP contribution in [-0.2, 0) is 4.74 Å². The first-order valence-corrected chi connectivity index (χ1v) is 5.07. The summed E-state index contributed by atoms with van der Waals surface area (Å²) in [5, 5.41) is 11.0. The van der Waals surface area contributed by atoms with Crippen molar-refractivity contribution in [1.29, 1.82) is 0 Å². The third kappa shape index (κ3) is 2.16. The van der Waals surface area contributed by atoms with Crippen molar-refractivity contribution in [3.05, 3.63) is 0 Å². The summed E-state index contributed by atoms with van der Waals surface area (Å²) in [5.41, 5.74) is 0. The second-order valence-electron chi connectivity index (χ2n) is 3.92. The molecule has 0 aromatic carbocycles. The molecule has 1 saturated carbocycles. The van der Waals surface area contributed by atoms with E-state index >= 15 is 0 Å². The van der Waals surface area contributed by atoms with Crippen LogP contribution in [0.1, 0.15) is 12.8 Å². The minimum Gasteiger partial charge on any atom is -0.465 e. The lowest BCUT2D eigenvalue weighted by Gasteiger charge is -2.44. The van der Waals surface area contributed by atoms with Crippen LogP contribution in [0.5, 0.6) is 0 Å². The molecule has 80 valence electrons. The quantitative estimate of drug-likeness (QED) is 0.664. The highest BCUT2D eigenvalue weighted by Crippen LogP contribution is 2.26. The molecule has 1 heterocycles. The second-order valence-corrected chi connectivity index (χ2v) is 3.92. The zero-order valence-corrected chi connectivity index (χ0v) is 8.11. The summed E-state index contributed by atoms with van der Waals surface area (Å²) < 4.78 is 5.26. The molecule has 5 nitrogen and oxygen atoms in total. The van der Waals surface area contributed by atoms with E-state index in [2.05, 4.69) is 10.2 Å². The van der Waals surface area contributed by atoms with Crippen LogP contribution in [0.15, 0.2) is 0 Å². The molecule has 2 N–H and O–H groups in total. The number of hydrogen-bond acceptors (Lipinski definition) is 3. The van der Waals surface area contributed by atoms with Crippen LogP contribution in [0, 0.1) is 0 Å². The molecule has 0 atom stereocenters. The van der Waals surface area contributed by atoms with Gasteiger partial charge in [-0.3, -0.25) is 4.90 Å². The van der Waals surface area contributed by atoms with Gasteiger partial charge in [0, 0.05) is 25.2 Å². The molecule has 1 saturated heterocycles. The predicted molar refractivity (Wildman–Crippen MR) is 50.4 cm³/mol. The van der Waals surface area contributed by atoms with Gasteiger partial charge in [-0.2, -0.15) is 0 Å². The Morgan fingerprint density at radius 3 is 2.57 bits per heavy atom. The van der Waals surface area contributed by atoms with Gasteiger partial charge in [-0.1, -0.05) is 0 Å². The number of amides is 1. The number of rotatable bonds is 2. The molecular weight excluding hydrogens is 184 g/mol. The Labute approximate surface area is 83.0 Å². The van der Waals surface area contributed by atoms with Crippen LogP contribution in [0.2, 0.25) is 0 Å². The Kier molecular flexibility index (Phi) is 2.88. The molecule has 5 heteroatoms. The first-order chi connectivity index (χ1) is 6.75. The fraction of sp³-hybridized carbons (Fsp3) is 0.889. The van der Waals surface area contributed by atoms with Crippen LogP contribution in [0.3, 0.4) is 0 Å². The molecule has 0 radical (unpaired) electrons. The van der Waals surface area contributed by atoms with Crippen molar-refractivity contribution in [3.8, 4) is 0 Å². The lowest BCUT2D eigenvalue weighted by atomic mass is 9.85. The highest BCUT2D eigenvalue weighted by molar-refractivity contribution is 5.65. The Morgan fingerprint density at radius 2 is 2.00 bits per heavy atom. The van der Waals surface area contributed by atoms with Crippen LogP contribution >= 0.6 is 0 Å². The van der Waals surface area contributed by atoms with E-state index in [1.54, 1.807) is 0 Å². The van der Waals surface area contributed by atoms with Gasteiger partial charge in [-0.15, -0.1) is 0 Å². The molecule has 0 bridgehead atoms. The van der Waals surface area contributed by atoms with Gasteiger partial charge in [-0.05, 0) is 12.8 Å². The van der Waals surface area contributed by atoms with Crippen molar-refractivity contribution in [2.75, 3.05) is 26.3 Å². The molecule has 1 aliphatic carbocycles. The van der Waals surface area contributed by atoms with Gasteiger partial charge in [0.1, 0.15) is 0 Å². The van der Waals surface area contributed by atoms with Gasteiger partial charge in [0.05, 0.1) is 13.2 Å². The average Bonchev–Trinajstić information content (AvgIpc) is 2.12. The Morgan fingerprint density at radius 1 is 1.36 bits per heavy atom. The minimum atomic E-state index is -0.907. The molecule has 14 heavy (non-hydrogen) atoms. The number of morpholine rings is 1. The Balaban J connectivity index is 1.68. The smallest absolute Gasteiger partial charge is 0.404 e. The Hall–Kier alpha value is -0.810. The van der Waals surface area contributed by atoms with E-state index in [-0.39, 0.29) is 6.04 Å². The monoisotopic (exact) mass is 200 g/mol. The van der Waals surface area contributed by atoms with E-state index < -0.39 is 6.09 Å². The van der Waals surface area contributed by atoms with Crippen LogP contribution in [0.4, 0.5) is 4.79 Å². The summed E-state index contributed by atoms with van der Waals surface area (Å²) >= 11 is 0. The minimum absolute atomic E-state index is 0.167. The summed E-state index contributed by atoms with van der Waals surface area (Å²) in [6.45, 7) is 3.61. The van der Waals surface area contributed by atoms with Crippen LogP contribution in [0.25, 0.3) is 0 Å². The van der Waals surface area contributed by atoms with Crippen molar-refractivity contribution in [2.45, 2.75) is 24.9 Å². The van der Waals surface area contributed by atoms with Crippen molar-refractivity contribution in [2.24, 2.45) is 0 Å². The molecular formula is C9H16N2O3. The first kappa shape index (κ1) is 9.73. The van der Waals surface area contributed by atoms with Crippen molar-refractivity contribution in [3.63, 3.8) is 0 Å². The number of carbonyl (C=O) groups is 1. The van der Waals surface area contributed by atoms with Gasteiger partial charge < -0.3 is 15.2 Å². The zero-order chi connectivity index (χ0) is 9.97. The summed E-state index contributed by atoms with van der Waals surface area (Å²) in [4.78, 5) is 12.7. The van der Waals surface area contributed by atoms with Crippen LogP contribution < -0.4 is 5.32 Å². The highest BCUT2D eigenvalue weighted by atomic mass is 16.5. The predicted octanol–water partition coefficient (Wildman–Crippen LogP) is 0.117. The van der Waals surface area contributed by atoms with Crippen molar-refractivity contribution >= 4 is 6.09 Å². The maximum Gasteiger partial charge on any atom is 0.404 e. The molecule has 2 aliphatic rings. The van der Waals surface area contributed by atoms with E-state index in [1.165, 1.54) is 0 Å². The normalized spacial score (nSPS) is 33.4. The third-order valence-electron chi connectivity index (χ3n) is 3.00. The summed E-state index contributed by atoms with van der Waals surface area (Å²) in [6, 6.07) is 0.732. The molecule has 0 aromatic rings. The molecule has 1 aliphatic heterocycles. The third-order valence-corrected chi connectivity index (χ3v) is 3.00. The SMILES string of the molecule is O=C(O)NC1CC(N2CCOCC2)C1. The maximum atomic E-state index is 10.3. The summed E-state index contributed by atoms with van der Waals surface area (Å²) in [7, 11) is 0. The van der Waals surface area contributed by atoms with E-state index in [0.29, 0.717) is 6.04 Å². The number of hydrogen-bond donors (Lipinski definition) is 2. The average molecular weight is 200 g/mol. The van der Waals surface area contributed by atoms with Gasteiger partial charge in [0.2, 0.25) is 0 Å². The molecule has 2 fully saturated rings. The Bertz CT molecular complexity index is 210. The van der Waals surface area contributed by atoms with E-state index in [0.717, 1.165) is 39.1 Å². The van der Waals surface area contributed by atoms with E-state index in [9.17, 15) is 4.79 Å². The number of nitrogens with zero attached hydrogens (tertiary/aromatic N) is 1. The number of carboxylic acid groups (broad SMARTS) is 1. The van der Waals surface area contributed by atoms with Gasteiger partial charge in [0.15, 0.2) is 0 Å². The fourth-order valence-corrected chi connectivity index (χ4v) is 2.12. The van der Waals surface area contributed by atoms with Crippen molar-refractivity contribution < 1.29 is 14.6 Å². The summed E-state index contributed by atoms with van der Waals surface area (Å²) in [6.07, 6.45) is 0.994. The van der Waals surface area contributed by atoms with E-state index in [4.69, 9.17) is 9.84 Å². The lowest BCUT2D eigenvalue weighted by molar-refractivity contribution is -0.00944. The molecule has 0 aromatic heterocycles. The first-order valence-electron chi connectivity index (χ1n) is 5.07. The molecule has 1 amide bonds. The number of nitrogens with one attached hydrogen (secondary N) is 1. The second kappa shape index (κ2) is 4.14. The zero-order valence-electron chi connectivity index (χ0n) is 8.11. The van der Waals surface area contributed by atoms with Gasteiger partial charge in [0.25, 0.3) is 0 Å². The standard InChI is InChI=1S/C9H16N2O3/c12-9(13)10-7-5-8(6-7)11-1-3-14-4-2-11/h7-8,10H,1-6H2,(H,12,13).